The van der Waals surface area contributed by atoms with Crippen molar-refractivity contribution in [1.82, 2.24) is 15.5 Å². The summed E-state index contributed by atoms with van der Waals surface area (Å²) in [5.41, 5.74) is 0. The van der Waals surface area contributed by atoms with Crippen LogP contribution in [0.3, 0.4) is 0 Å². The summed E-state index contributed by atoms with van der Waals surface area (Å²) in [4.78, 5) is 13.8. The molecule has 0 spiro atoms. The normalized spacial score (nSPS) is 19.1. The predicted molar refractivity (Wildman–Crippen MR) is 76.3 cm³/mol. The maximum Gasteiger partial charge on any atom is 0.237 e. The smallest absolute Gasteiger partial charge is 0.237 e. The molecule has 1 aliphatic heterocycles. The van der Waals surface area contributed by atoms with Gasteiger partial charge in [0, 0.05) is 6.54 Å². The van der Waals surface area contributed by atoms with Crippen LogP contribution < -0.4 is 10.6 Å². The SMILES string of the molecule is CN(C)CCCNC(=O)C1CCCCN1.Cl.Cl. The lowest BCUT2D eigenvalue weighted by molar-refractivity contribution is -0.123. The van der Waals surface area contributed by atoms with Gasteiger partial charge in [-0.15, -0.1) is 24.8 Å². The topological polar surface area (TPSA) is 44.4 Å². The van der Waals surface area contributed by atoms with E-state index in [4.69, 9.17) is 0 Å². The Labute approximate surface area is 117 Å². The molecule has 0 aromatic heterocycles. The van der Waals surface area contributed by atoms with Gasteiger partial charge in [-0.25, -0.2) is 0 Å². The van der Waals surface area contributed by atoms with Crippen LogP contribution >= 0.6 is 24.8 Å². The van der Waals surface area contributed by atoms with Crippen LogP contribution in [-0.2, 0) is 4.79 Å². The maximum absolute atomic E-state index is 11.7. The quantitative estimate of drug-likeness (QED) is 0.742. The molecular formula is C11H25Cl2N3O. The highest BCUT2D eigenvalue weighted by molar-refractivity contribution is 5.85. The minimum absolute atomic E-state index is 0. The van der Waals surface area contributed by atoms with Crippen LogP contribution in [-0.4, -0.2) is 50.6 Å². The Morgan fingerprint density at radius 2 is 2.06 bits per heavy atom. The third-order valence-electron chi connectivity index (χ3n) is 2.71. The van der Waals surface area contributed by atoms with Crippen molar-refractivity contribution >= 4 is 30.7 Å². The number of rotatable bonds is 5. The molecule has 0 bridgehead atoms. The van der Waals surface area contributed by atoms with E-state index >= 15 is 0 Å². The van der Waals surface area contributed by atoms with Crippen molar-refractivity contribution in [2.45, 2.75) is 31.7 Å². The molecule has 1 rings (SSSR count). The van der Waals surface area contributed by atoms with E-state index in [0.717, 1.165) is 32.5 Å². The van der Waals surface area contributed by atoms with Crippen LogP contribution in [0.15, 0.2) is 0 Å². The van der Waals surface area contributed by atoms with Gasteiger partial charge in [0.25, 0.3) is 0 Å². The van der Waals surface area contributed by atoms with Crippen LogP contribution in [0.1, 0.15) is 25.7 Å². The van der Waals surface area contributed by atoms with Gasteiger partial charge in [-0.2, -0.15) is 0 Å². The average molecular weight is 286 g/mol. The fourth-order valence-electron chi connectivity index (χ4n) is 1.81. The summed E-state index contributed by atoms with van der Waals surface area (Å²) < 4.78 is 0. The van der Waals surface area contributed by atoms with E-state index in [-0.39, 0.29) is 36.8 Å². The van der Waals surface area contributed by atoms with E-state index in [2.05, 4.69) is 15.5 Å². The molecule has 1 atom stereocenters. The number of piperidine rings is 1. The summed E-state index contributed by atoms with van der Waals surface area (Å²) in [6.07, 6.45) is 4.37. The number of nitrogens with one attached hydrogen (secondary N) is 2. The van der Waals surface area contributed by atoms with Gasteiger partial charge in [-0.3, -0.25) is 4.79 Å². The number of carbonyl (C=O) groups is 1. The number of halogens is 2. The van der Waals surface area contributed by atoms with E-state index in [1.807, 2.05) is 14.1 Å². The average Bonchev–Trinajstić information content (AvgIpc) is 2.25. The molecule has 104 valence electrons. The van der Waals surface area contributed by atoms with Crippen molar-refractivity contribution in [1.29, 1.82) is 0 Å². The first kappa shape index (κ1) is 19.3. The van der Waals surface area contributed by atoms with E-state index in [0.29, 0.717) is 0 Å². The zero-order chi connectivity index (χ0) is 11.1. The minimum Gasteiger partial charge on any atom is -0.355 e. The van der Waals surface area contributed by atoms with Crippen molar-refractivity contribution in [2.24, 2.45) is 0 Å². The molecule has 1 heterocycles. The Bertz CT molecular complexity index is 197. The number of nitrogens with zero attached hydrogens (tertiary/aromatic N) is 1. The highest BCUT2D eigenvalue weighted by atomic mass is 35.5. The Kier molecular flexibility index (Phi) is 12.6. The zero-order valence-corrected chi connectivity index (χ0v) is 12.3. The molecule has 2 N–H and O–H groups in total. The van der Waals surface area contributed by atoms with Gasteiger partial charge >= 0.3 is 0 Å². The number of hydrogen-bond donors (Lipinski definition) is 2. The number of hydrogen-bond acceptors (Lipinski definition) is 3. The third-order valence-corrected chi connectivity index (χ3v) is 2.71. The molecule has 1 amide bonds. The summed E-state index contributed by atoms with van der Waals surface area (Å²) >= 11 is 0. The Morgan fingerprint density at radius 3 is 2.59 bits per heavy atom. The largest absolute Gasteiger partial charge is 0.355 e. The van der Waals surface area contributed by atoms with E-state index in [9.17, 15) is 4.79 Å². The minimum atomic E-state index is 0. The summed E-state index contributed by atoms with van der Waals surface area (Å²) in [5.74, 6) is 0.174. The molecule has 6 heteroatoms. The molecule has 1 unspecified atom stereocenters. The lowest BCUT2D eigenvalue weighted by Gasteiger charge is -2.22. The summed E-state index contributed by atoms with van der Waals surface area (Å²) in [7, 11) is 4.09. The molecule has 1 fully saturated rings. The fraction of sp³-hybridized carbons (Fsp3) is 0.909. The van der Waals surface area contributed by atoms with Crippen LogP contribution in [0.2, 0.25) is 0 Å². The van der Waals surface area contributed by atoms with Gasteiger partial charge in [0.15, 0.2) is 0 Å². The van der Waals surface area contributed by atoms with Crippen LogP contribution in [0, 0.1) is 0 Å². The molecular weight excluding hydrogens is 261 g/mol. The van der Waals surface area contributed by atoms with Gasteiger partial charge in [0.05, 0.1) is 6.04 Å². The summed E-state index contributed by atoms with van der Waals surface area (Å²) in [6, 6.07) is 0.0538. The number of carbonyl (C=O) groups excluding carboxylic acids is 1. The Morgan fingerprint density at radius 1 is 1.35 bits per heavy atom. The van der Waals surface area contributed by atoms with Crippen molar-refractivity contribution in [3.63, 3.8) is 0 Å². The first-order valence-corrected chi connectivity index (χ1v) is 5.86. The molecule has 4 nitrogen and oxygen atoms in total. The van der Waals surface area contributed by atoms with Crippen LogP contribution in [0.25, 0.3) is 0 Å². The Balaban J connectivity index is 0. The highest BCUT2D eigenvalue weighted by Crippen LogP contribution is 2.06. The van der Waals surface area contributed by atoms with Crippen molar-refractivity contribution in [3.05, 3.63) is 0 Å². The fourth-order valence-corrected chi connectivity index (χ4v) is 1.81. The molecule has 17 heavy (non-hydrogen) atoms. The van der Waals surface area contributed by atoms with E-state index in [1.165, 1.54) is 12.8 Å². The van der Waals surface area contributed by atoms with E-state index < -0.39 is 0 Å². The summed E-state index contributed by atoms with van der Waals surface area (Å²) in [5, 5.41) is 6.23. The first-order chi connectivity index (χ1) is 7.20. The second kappa shape index (κ2) is 11.1. The molecule has 1 aliphatic rings. The Hall–Kier alpha value is -0.0300. The van der Waals surface area contributed by atoms with Crippen LogP contribution in [0.4, 0.5) is 0 Å². The van der Waals surface area contributed by atoms with Gasteiger partial charge in [-0.05, 0) is 46.4 Å². The number of amides is 1. The van der Waals surface area contributed by atoms with Crippen molar-refractivity contribution in [3.8, 4) is 0 Å². The second-order valence-corrected chi connectivity index (χ2v) is 4.45. The standard InChI is InChI=1S/C11H23N3O.2ClH/c1-14(2)9-5-8-13-11(15)10-6-3-4-7-12-10;;/h10,12H,3-9H2,1-2H3,(H,13,15);2*1H. The molecule has 0 aromatic carbocycles. The molecule has 0 aromatic rings. The highest BCUT2D eigenvalue weighted by Gasteiger charge is 2.19. The zero-order valence-electron chi connectivity index (χ0n) is 10.7. The van der Waals surface area contributed by atoms with Crippen molar-refractivity contribution < 1.29 is 4.79 Å². The van der Waals surface area contributed by atoms with Gasteiger partial charge in [0.2, 0.25) is 5.91 Å². The monoisotopic (exact) mass is 285 g/mol. The van der Waals surface area contributed by atoms with Crippen LogP contribution in [0.5, 0.6) is 0 Å². The molecule has 0 radical (unpaired) electrons. The first-order valence-electron chi connectivity index (χ1n) is 5.86. The summed E-state index contributed by atoms with van der Waals surface area (Å²) in [6.45, 7) is 2.79. The van der Waals surface area contributed by atoms with Gasteiger partial charge < -0.3 is 15.5 Å². The lowest BCUT2D eigenvalue weighted by Crippen LogP contribution is -2.47. The van der Waals surface area contributed by atoms with E-state index in [1.54, 1.807) is 0 Å². The predicted octanol–water partition coefficient (Wildman–Crippen LogP) is 1.04. The molecule has 1 saturated heterocycles. The molecule has 0 aliphatic carbocycles. The molecule has 0 saturated carbocycles. The van der Waals surface area contributed by atoms with Crippen molar-refractivity contribution in [2.75, 3.05) is 33.7 Å². The third kappa shape index (κ3) is 8.66. The maximum atomic E-state index is 11.7. The van der Waals surface area contributed by atoms with Gasteiger partial charge in [0.1, 0.15) is 0 Å². The lowest BCUT2D eigenvalue weighted by atomic mass is 10.0. The van der Waals surface area contributed by atoms with Gasteiger partial charge in [-0.1, -0.05) is 6.42 Å². The second-order valence-electron chi connectivity index (χ2n) is 4.45.